The van der Waals surface area contributed by atoms with E-state index in [0.29, 0.717) is 33.2 Å². The Morgan fingerprint density at radius 3 is 1.28 bits per heavy atom. The molecule has 0 radical (unpaired) electrons. The van der Waals surface area contributed by atoms with E-state index in [9.17, 15) is 19.2 Å². The van der Waals surface area contributed by atoms with E-state index < -0.39 is 43.1 Å². The van der Waals surface area contributed by atoms with Crippen molar-refractivity contribution in [2.24, 2.45) is 0 Å². The molecule has 0 heterocycles. The van der Waals surface area contributed by atoms with Gasteiger partial charge in [-0.15, -0.1) is 12.8 Å². The van der Waals surface area contributed by atoms with Crippen LogP contribution in [0.5, 0.6) is 23.0 Å². The third kappa shape index (κ3) is 12.8. The van der Waals surface area contributed by atoms with Crippen LogP contribution in [0.3, 0.4) is 0 Å². The van der Waals surface area contributed by atoms with E-state index in [1.807, 2.05) is 26.0 Å². The molecule has 0 saturated carbocycles. The Morgan fingerprint density at radius 1 is 0.547 bits per heavy atom. The Hall–Kier alpha value is -5.72. The molecule has 53 heavy (non-hydrogen) atoms. The van der Waals surface area contributed by atoms with E-state index in [-0.39, 0.29) is 24.7 Å². The predicted molar refractivity (Wildman–Crippen MR) is 203 cm³/mol. The van der Waals surface area contributed by atoms with Gasteiger partial charge in [0.1, 0.15) is 13.2 Å². The summed E-state index contributed by atoms with van der Waals surface area (Å²) >= 11 is -4.45. The van der Waals surface area contributed by atoms with Crippen molar-refractivity contribution >= 4 is 64.6 Å². The number of unbranched alkanes of at least 4 members (excludes halogenated alkanes) is 2. The van der Waals surface area contributed by atoms with Crippen LogP contribution in [0.25, 0.3) is 21.5 Å². The maximum absolute atomic E-state index is 13.1. The van der Waals surface area contributed by atoms with E-state index in [1.54, 1.807) is 60.7 Å². The molecule has 0 saturated heterocycles. The molecule has 0 spiro atoms. The third-order valence-electron chi connectivity index (χ3n) is 7.75. The summed E-state index contributed by atoms with van der Waals surface area (Å²) in [6, 6.07) is 21.0. The number of carbonyl (C=O) groups is 4. The zero-order valence-corrected chi connectivity index (χ0v) is 32.5. The van der Waals surface area contributed by atoms with Gasteiger partial charge < -0.3 is 0 Å². The molecular weight excluding hydrogens is 783 g/mol. The van der Waals surface area contributed by atoms with Crippen LogP contribution in [0, 0.1) is 24.7 Å². The summed E-state index contributed by atoms with van der Waals surface area (Å²) in [6.45, 7) is 4.19. The minimum atomic E-state index is -4.45. The summed E-state index contributed by atoms with van der Waals surface area (Å²) in [5, 5.41) is 3.32. The molecule has 4 aromatic carbocycles. The molecule has 10 nitrogen and oxygen atoms in total. The second-order valence-electron chi connectivity index (χ2n) is 11.8. The minimum absolute atomic E-state index is 0.119. The van der Waals surface area contributed by atoms with Crippen LogP contribution in [0.2, 0.25) is 8.87 Å². The molecule has 0 amide bonds. The molecule has 0 fully saturated rings. The molecule has 0 bridgehead atoms. The molecule has 4 rings (SSSR count). The molecule has 11 heteroatoms. The second-order valence-corrected chi connectivity index (χ2v) is 21.0. The van der Waals surface area contributed by atoms with E-state index >= 15 is 0 Å². The number of rotatable bonds is 18. The van der Waals surface area contributed by atoms with Gasteiger partial charge in [0.25, 0.3) is 0 Å². The van der Waals surface area contributed by atoms with E-state index in [4.69, 9.17) is 37.9 Å². The van der Waals surface area contributed by atoms with Crippen molar-refractivity contribution in [3.05, 3.63) is 97.1 Å². The van der Waals surface area contributed by atoms with Crippen LogP contribution in [0.1, 0.15) is 39.5 Å². The summed E-state index contributed by atoms with van der Waals surface area (Å²) in [7, 11) is 0. The van der Waals surface area contributed by atoms with E-state index in [2.05, 4.69) is 11.8 Å². The topological polar surface area (TPSA) is 124 Å². The average molecular weight is 823 g/mol. The SMILES string of the molecule is C#CCOc1ccc2ccc(OC(=O)/C=C\C(=O)[O][Sn]([CH2]CCC)([CH2]CCC)[O]C(=O)/C=C\C(=O)Oc3ccc4ccc(OCC#C)cc4c3)cc2c1. The third-order valence-corrected chi connectivity index (χ3v) is 17.4. The van der Waals surface area contributed by atoms with Gasteiger partial charge in [-0.3, -0.25) is 0 Å². The molecule has 0 aliphatic heterocycles. The van der Waals surface area contributed by atoms with E-state index in [1.165, 1.54) is 0 Å². The van der Waals surface area contributed by atoms with Gasteiger partial charge in [-0.2, -0.15) is 0 Å². The molecule has 4 aromatic rings. The zero-order valence-electron chi connectivity index (χ0n) is 29.6. The van der Waals surface area contributed by atoms with Crippen molar-refractivity contribution in [3.63, 3.8) is 0 Å². The van der Waals surface area contributed by atoms with Crippen LogP contribution in [-0.4, -0.2) is 56.3 Å². The van der Waals surface area contributed by atoms with Crippen LogP contribution in [-0.2, 0) is 25.3 Å². The first-order valence-corrected chi connectivity index (χ1v) is 23.5. The fourth-order valence-corrected chi connectivity index (χ4v) is 14.8. The van der Waals surface area contributed by atoms with Crippen molar-refractivity contribution < 1.29 is 44.3 Å². The first-order valence-electron chi connectivity index (χ1n) is 17.1. The molecule has 272 valence electrons. The number of hydrogen-bond acceptors (Lipinski definition) is 10. The molecule has 0 unspecified atom stereocenters. The second kappa shape index (κ2) is 20.4. The molecule has 0 aliphatic rings. The summed E-state index contributed by atoms with van der Waals surface area (Å²) < 4.78 is 34.4. The Labute approximate surface area is 314 Å². The molecule has 0 aromatic heterocycles. The Morgan fingerprint density at radius 2 is 0.906 bits per heavy atom. The van der Waals surface area contributed by atoms with Gasteiger partial charge in [-0.1, -0.05) is 11.8 Å². The van der Waals surface area contributed by atoms with E-state index in [0.717, 1.165) is 58.7 Å². The number of benzene rings is 4. The summed E-state index contributed by atoms with van der Waals surface area (Å²) in [6.07, 6.45) is 17.3. The summed E-state index contributed by atoms with van der Waals surface area (Å²) in [4.78, 5) is 51.4. The zero-order chi connectivity index (χ0) is 38.1. The number of terminal acetylenes is 2. The number of hydrogen-bond donors (Lipinski definition) is 0. The van der Waals surface area contributed by atoms with Gasteiger partial charge in [-0.05, 0) is 0 Å². The maximum atomic E-state index is 13.1. The number of fused-ring (bicyclic) bond motifs is 2. The Balaban J connectivity index is 1.40. The number of ether oxygens (including phenoxy) is 4. The summed E-state index contributed by atoms with van der Waals surface area (Å²) in [5.41, 5.74) is 0. The van der Waals surface area contributed by atoms with Crippen LogP contribution < -0.4 is 18.9 Å². The van der Waals surface area contributed by atoms with Gasteiger partial charge in [0.05, 0.1) is 0 Å². The van der Waals surface area contributed by atoms with Crippen LogP contribution in [0.15, 0.2) is 97.1 Å². The summed E-state index contributed by atoms with van der Waals surface area (Å²) in [5.74, 6) is 3.24. The van der Waals surface area contributed by atoms with Crippen molar-refractivity contribution in [3.8, 4) is 47.7 Å². The van der Waals surface area contributed by atoms with Crippen molar-refractivity contribution in [1.29, 1.82) is 0 Å². The first kappa shape index (κ1) is 40.1. The van der Waals surface area contributed by atoms with Gasteiger partial charge in [0.2, 0.25) is 0 Å². The molecule has 0 aliphatic carbocycles. The number of carbonyl (C=O) groups excluding carboxylic acids is 4. The standard InChI is InChI=1S/2C17H12O5.2C4H9.Sn/c2*1-2-9-21-14-5-3-12-4-6-15(11-13(12)10-14)22-17(20)8-7-16(18)19;2*1-3-4-2;/h2*1,3-8,10-11H,9H2,(H,18,19);2*1,3-4H2,2H3;/q;;;;+2/p-2/b2*8-7-;;;. The van der Waals surface area contributed by atoms with Crippen LogP contribution >= 0.6 is 0 Å². The molecular formula is C42H40O10Sn. The van der Waals surface area contributed by atoms with Gasteiger partial charge in [0, 0.05) is 0 Å². The fraction of sp³-hybridized carbons (Fsp3) is 0.238. The van der Waals surface area contributed by atoms with Gasteiger partial charge in [0.15, 0.2) is 0 Å². The van der Waals surface area contributed by atoms with Gasteiger partial charge in [-0.25, -0.2) is 0 Å². The number of esters is 2. The molecule has 0 N–H and O–H groups in total. The van der Waals surface area contributed by atoms with Crippen molar-refractivity contribution in [2.75, 3.05) is 13.2 Å². The normalized spacial score (nSPS) is 11.2. The van der Waals surface area contributed by atoms with Gasteiger partial charge >= 0.3 is 277 Å². The predicted octanol–water partition coefficient (Wildman–Crippen LogP) is 7.77. The quantitative estimate of drug-likeness (QED) is 0.0323. The fourth-order valence-electron chi connectivity index (χ4n) is 5.21. The monoisotopic (exact) mass is 824 g/mol. The first-order chi connectivity index (χ1) is 25.6. The molecule has 0 atom stereocenters. The van der Waals surface area contributed by atoms with Crippen molar-refractivity contribution in [1.82, 2.24) is 0 Å². The van der Waals surface area contributed by atoms with Crippen LogP contribution in [0.4, 0.5) is 0 Å². The van der Waals surface area contributed by atoms with Crippen molar-refractivity contribution in [2.45, 2.75) is 48.4 Å². The average Bonchev–Trinajstić information content (AvgIpc) is 3.15. The Kier molecular flexibility index (Phi) is 15.4. The Bertz CT molecular complexity index is 1940.